The maximum absolute atomic E-state index is 5.36. The summed E-state index contributed by atoms with van der Waals surface area (Å²) in [5, 5.41) is 10.3. The second kappa shape index (κ2) is 8.33. The zero-order valence-corrected chi connectivity index (χ0v) is 13.8. The van der Waals surface area contributed by atoms with E-state index >= 15 is 0 Å². The second-order valence-electron chi connectivity index (χ2n) is 5.84. The minimum Gasteiger partial charge on any atom is -0.469 e. The Morgan fingerprint density at radius 1 is 1.50 bits per heavy atom. The van der Waals surface area contributed by atoms with E-state index in [2.05, 4.69) is 32.0 Å². The van der Waals surface area contributed by atoms with E-state index in [-0.39, 0.29) is 0 Å². The molecule has 0 radical (unpaired) electrons. The predicted molar refractivity (Wildman–Crippen MR) is 92.8 cm³/mol. The number of likely N-dealkylation sites (tertiary alicyclic amines) is 1. The molecule has 0 bridgehead atoms. The van der Waals surface area contributed by atoms with E-state index in [0.717, 1.165) is 49.9 Å². The Morgan fingerprint density at radius 3 is 3.04 bits per heavy atom. The van der Waals surface area contributed by atoms with Crippen molar-refractivity contribution in [1.82, 2.24) is 25.4 Å². The van der Waals surface area contributed by atoms with Crippen LogP contribution in [0.3, 0.4) is 0 Å². The van der Waals surface area contributed by atoms with Gasteiger partial charge in [-0.1, -0.05) is 6.08 Å². The third-order valence-corrected chi connectivity index (χ3v) is 4.22. The van der Waals surface area contributed by atoms with Gasteiger partial charge in [0.1, 0.15) is 17.9 Å². The fourth-order valence-electron chi connectivity index (χ4n) is 2.93. The molecular weight excluding hydrogens is 304 g/mol. The lowest BCUT2D eigenvalue weighted by Crippen LogP contribution is -2.45. The van der Waals surface area contributed by atoms with Gasteiger partial charge in [-0.2, -0.15) is 5.10 Å². The highest BCUT2D eigenvalue weighted by atomic mass is 16.3. The van der Waals surface area contributed by atoms with Crippen molar-refractivity contribution in [2.75, 3.05) is 26.2 Å². The van der Waals surface area contributed by atoms with Gasteiger partial charge in [0.2, 0.25) is 0 Å². The fraction of sp³-hybridized carbons (Fsp3) is 0.471. The molecule has 7 heteroatoms. The van der Waals surface area contributed by atoms with Gasteiger partial charge >= 0.3 is 0 Å². The highest BCUT2D eigenvalue weighted by Gasteiger charge is 2.24. The molecule has 1 aliphatic heterocycles. The third kappa shape index (κ3) is 4.24. The van der Waals surface area contributed by atoms with Gasteiger partial charge in [-0.15, -0.1) is 6.58 Å². The monoisotopic (exact) mass is 328 g/mol. The lowest BCUT2D eigenvalue weighted by molar-refractivity contribution is 0.299. The summed E-state index contributed by atoms with van der Waals surface area (Å²) < 4.78 is 5.36. The molecule has 0 unspecified atom stereocenters. The number of aromatic nitrogens is 3. The van der Waals surface area contributed by atoms with Crippen LogP contribution in [0.5, 0.6) is 0 Å². The van der Waals surface area contributed by atoms with Crippen molar-refractivity contribution in [2.24, 2.45) is 4.99 Å². The van der Waals surface area contributed by atoms with Crippen molar-refractivity contribution >= 4 is 5.96 Å². The fourth-order valence-corrected chi connectivity index (χ4v) is 2.93. The van der Waals surface area contributed by atoms with Crippen molar-refractivity contribution in [3.05, 3.63) is 49.0 Å². The largest absolute Gasteiger partial charge is 0.469 e. The molecular formula is C17H24N6O. The Hall–Kier alpha value is -2.57. The zero-order valence-electron chi connectivity index (χ0n) is 13.8. The first kappa shape index (κ1) is 16.3. The summed E-state index contributed by atoms with van der Waals surface area (Å²) in [6, 6.07) is 3.89. The Labute approximate surface area is 141 Å². The first-order valence-corrected chi connectivity index (χ1v) is 8.38. The summed E-state index contributed by atoms with van der Waals surface area (Å²) >= 11 is 0. The maximum atomic E-state index is 5.36. The molecule has 7 nitrogen and oxygen atoms in total. The van der Waals surface area contributed by atoms with Crippen LogP contribution in [0, 0.1) is 0 Å². The molecule has 0 aromatic carbocycles. The Kier molecular flexibility index (Phi) is 5.65. The van der Waals surface area contributed by atoms with Gasteiger partial charge in [-0.05, 0) is 25.0 Å². The van der Waals surface area contributed by atoms with Gasteiger partial charge in [0, 0.05) is 38.5 Å². The number of hydrogen-bond acceptors (Lipinski definition) is 4. The molecule has 1 fully saturated rings. The van der Waals surface area contributed by atoms with Gasteiger partial charge < -0.3 is 14.6 Å². The predicted octanol–water partition coefficient (Wildman–Crippen LogP) is 1.95. The first-order valence-electron chi connectivity index (χ1n) is 8.38. The Morgan fingerprint density at radius 2 is 2.38 bits per heavy atom. The molecule has 0 atom stereocenters. The lowest BCUT2D eigenvalue weighted by atomic mass is 9.96. The van der Waals surface area contributed by atoms with Gasteiger partial charge in [0.15, 0.2) is 5.96 Å². The number of furan rings is 1. The van der Waals surface area contributed by atoms with Gasteiger partial charge in [0.05, 0.1) is 6.26 Å². The maximum Gasteiger partial charge on any atom is 0.194 e. The molecule has 1 saturated heterocycles. The van der Waals surface area contributed by atoms with Gasteiger partial charge in [-0.25, -0.2) is 4.98 Å². The molecule has 2 aromatic rings. The van der Waals surface area contributed by atoms with E-state index in [0.29, 0.717) is 19.0 Å². The van der Waals surface area contributed by atoms with Crippen LogP contribution in [0.1, 0.15) is 30.3 Å². The van der Waals surface area contributed by atoms with E-state index in [1.807, 2.05) is 18.2 Å². The van der Waals surface area contributed by atoms with Crippen molar-refractivity contribution in [1.29, 1.82) is 0 Å². The van der Waals surface area contributed by atoms with Crippen LogP contribution in [-0.4, -0.2) is 52.2 Å². The molecule has 0 spiro atoms. The number of rotatable bonds is 6. The Balaban J connectivity index is 1.56. The van der Waals surface area contributed by atoms with Crippen LogP contribution in [0.2, 0.25) is 0 Å². The topological polar surface area (TPSA) is 82.3 Å². The summed E-state index contributed by atoms with van der Waals surface area (Å²) in [4.78, 5) is 11.3. The minimum atomic E-state index is 0.451. The summed E-state index contributed by atoms with van der Waals surface area (Å²) in [6.07, 6.45) is 8.02. The van der Waals surface area contributed by atoms with Crippen LogP contribution >= 0.6 is 0 Å². The number of nitrogens with one attached hydrogen (secondary N) is 2. The van der Waals surface area contributed by atoms with Crippen LogP contribution in [0.4, 0.5) is 0 Å². The van der Waals surface area contributed by atoms with Gasteiger partial charge in [-0.3, -0.25) is 10.1 Å². The van der Waals surface area contributed by atoms with Crippen molar-refractivity contribution in [3.63, 3.8) is 0 Å². The average Bonchev–Trinajstić information content (AvgIpc) is 3.32. The molecule has 24 heavy (non-hydrogen) atoms. The van der Waals surface area contributed by atoms with Crippen LogP contribution in [0.25, 0.3) is 0 Å². The van der Waals surface area contributed by atoms with Crippen molar-refractivity contribution < 1.29 is 4.42 Å². The summed E-state index contributed by atoms with van der Waals surface area (Å²) in [6.45, 7) is 7.09. The smallest absolute Gasteiger partial charge is 0.194 e. The number of piperidine rings is 1. The molecule has 2 aromatic heterocycles. The van der Waals surface area contributed by atoms with Crippen molar-refractivity contribution in [2.45, 2.75) is 25.2 Å². The summed E-state index contributed by atoms with van der Waals surface area (Å²) in [5.41, 5.74) is 0. The highest BCUT2D eigenvalue weighted by Crippen LogP contribution is 2.24. The zero-order chi connectivity index (χ0) is 16.6. The van der Waals surface area contributed by atoms with Gasteiger partial charge in [0.25, 0.3) is 0 Å². The number of nitrogens with zero attached hydrogens (tertiary/aromatic N) is 4. The van der Waals surface area contributed by atoms with Crippen LogP contribution in [-0.2, 0) is 6.42 Å². The summed E-state index contributed by atoms with van der Waals surface area (Å²) in [7, 11) is 0. The van der Waals surface area contributed by atoms with E-state index in [1.165, 1.54) is 0 Å². The highest BCUT2D eigenvalue weighted by molar-refractivity contribution is 5.80. The molecule has 0 aliphatic carbocycles. The number of H-pyrrole nitrogens is 1. The molecule has 1 aliphatic rings. The third-order valence-electron chi connectivity index (χ3n) is 4.22. The van der Waals surface area contributed by atoms with E-state index in [1.54, 1.807) is 12.6 Å². The number of aliphatic imine (C=N–C) groups is 1. The number of guanidine groups is 1. The first-order chi connectivity index (χ1) is 11.9. The number of aromatic amines is 1. The van der Waals surface area contributed by atoms with E-state index < -0.39 is 0 Å². The van der Waals surface area contributed by atoms with E-state index in [9.17, 15) is 0 Å². The quantitative estimate of drug-likeness (QED) is 0.481. The van der Waals surface area contributed by atoms with Crippen LogP contribution < -0.4 is 5.32 Å². The van der Waals surface area contributed by atoms with Crippen molar-refractivity contribution in [3.8, 4) is 0 Å². The molecule has 0 amide bonds. The van der Waals surface area contributed by atoms with Crippen LogP contribution in [0.15, 0.2) is 46.8 Å². The SMILES string of the molecule is C=CCNC(=NCCc1ccco1)N1CCC(c2ncn[nH]2)CC1. The molecule has 3 rings (SSSR count). The Bertz CT molecular complexity index is 626. The number of hydrogen-bond donors (Lipinski definition) is 2. The normalized spacial score (nSPS) is 16.3. The molecule has 128 valence electrons. The average molecular weight is 328 g/mol. The summed E-state index contributed by atoms with van der Waals surface area (Å²) in [5.74, 6) is 3.35. The minimum absolute atomic E-state index is 0.451. The molecule has 3 heterocycles. The molecule has 0 saturated carbocycles. The lowest BCUT2D eigenvalue weighted by Gasteiger charge is -2.33. The molecule has 2 N–H and O–H groups in total. The van der Waals surface area contributed by atoms with E-state index in [4.69, 9.17) is 9.41 Å². The standard InChI is InChI=1S/C17H24N6O/c1-2-8-18-17(19-9-5-15-4-3-12-24-15)23-10-6-14(7-11-23)16-20-13-21-22-16/h2-4,12-14H,1,5-11H2,(H,18,19)(H,20,21,22). The second-order valence-corrected chi connectivity index (χ2v) is 5.84.